The fourth-order valence-electron chi connectivity index (χ4n) is 3.41. The van der Waals surface area contributed by atoms with E-state index in [1.165, 1.54) is 14.0 Å². The van der Waals surface area contributed by atoms with Gasteiger partial charge in [0, 0.05) is 6.07 Å². The minimum absolute atomic E-state index is 0.118. The number of phenols is 1. The zero-order chi connectivity index (χ0) is 24.3. The molecule has 3 aromatic rings. The van der Waals surface area contributed by atoms with E-state index in [1.807, 2.05) is 30.3 Å². The lowest BCUT2D eigenvalue weighted by Crippen LogP contribution is -2.14. The molecule has 172 valence electrons. The third-order valence-electron chi connectivity index (χ3n) is 5.28. The van der Waals surface area contributed by atoms with Gasteiger partial charge in [0.1, 0.15) is 34.3 Å². The van der Waals surface area contributed by atoms with Crippen LogP contribution in [-0.4, -0.2) is 29.3 Å². The molecule has 33 heavy (non-hydrogen) atoms. The van der Waals surface area contributed by atoms with Crippen molar-refractivity contribution in [3.63, 3.8) is 0 Å². The molecule has 7 nitrogen and oxygen atoms in total. The van der Waals surface area contributed by atoms with Gasteiger partial charge in [-0.1, -0.05) is 41.9 Å². The molecule has 0 aliphatic rings. The number of ether oxygens (including phenoxy) is 3. The molecule has 8 heteroatoms. The van der Waals surface area contributed by atoms with Gasteiger partial charge in [-0.25, -0.2) is 9.59 Å². The highest BCUT2D eigenvalue weighted by molar-refractivity contribution is 6.34. The number of esters is 1. The summed E-state index contributed by atoms with van der Waals surface area (Å²) in [5.41, 5.74) is 1.90. The first kappa shape index (κ1) is 23.9. The molecule has 0 aromatic heterocycles. The first-order valence-electron chi connectivity index (χ1n) is 9.98. The number of aromatic carboxylic acids is 1. The Morgan fingerprint density at radius 2 is 1.67 bits per heavy atom. The second kappa shape index (κ2) is 9.83. The summed E-state index contributed by atoms with van der Waals surface area (Å²) in [5.74, 6) is -2.14. The number of carbonyl (C=O) groups is 2. The summed E-state index contributed by atoms with van der Waals surface area (Å²) in [6, 6.07) is 12.9. The lowest BCUT2D eigenvalue weighted by molar-refractivity contribution is 0.0692. The van der Waals surface area contributed by atoms with Crippen LogP contribution >= 0.6 is 11.6 Å². The molecule has 0 bridgehead atoms. The van der Waals surface area contributed by atoms with Gasteiger partial charge in [0.15, 0.2) is 11.5 Å². The molecule has 0 aliphatic carbocycles. The summed E-state index contributed by atoms with van der Waals surface area (Å²) in [5, 5.41) is 19.2. The number of rotatable bonds is 7. The Bertz CT molecular complexity index is 1190. The van der Waals surface area contributed by atoms with Gasteiger partial charge >= 0.3 is 11.9 Å². The minimum atomic E-state index is -1.34. The van der Waals surface area contributed by atoms with Crippen molar-refractivity contribution in [3.05, 3.63) is 80.9 Å². The molecule has 3 rings (SSSR count). The predicted molar refractivity (Wildman–Crippen MR) is 123 cm³/mol. The Balaban J connectivity index is 1.92. The molecule has 2 N–H and O–H groups in total. The number of aromatic hydroxyl groups is 1. The summed E-state index contributed by atoms with van der Waals surface area (Å²) < 4.78 is 16.7. The Labute approximate surface area is 196 Å². The third kappa shape index (κ3) is 4.88. The van der Waals surface area contributed by atoms with Crippen LogP contribution in [0, 0.1) is 20.8 Å². The maximum atomic E-state index is 13.1. The van der Waals surface area contributed by atoms with E-state index in [1.54, 1.807) is 26.0 Å². The van der Waals surface area contributed by atoms with Crippen molar-refractivity contribution in [2.24, 2.45) is 0 Å². The second-order valence-corrected chi connectivity index (χ2v) is 7.78. The van der Waals surface area contributed by atoms with Crippen molar-refractivity contribution in [3.8, 4) is 23.0 Å². The van der Waals surface area contributed by atoms with Crippen molar-refractivity contribution in [1.29, 1.82) is 0 Å². The molecule has 0 amide bonds. The van der Waals surface area contributed by atoms with Crippen molar-refractivity contribution >= 4 is 23.5 Å². The number of methoxy groups -OCH3 is 1. The average molecular weight is 471 g/mol. The van der Waals surface area contributed by atoms with Crippen molar-refractivity contribution in [1.82, 2.24) is 0 Å². The van der Waals surface area contributed by atoms with Gasteiger partial charge in [-0.2, -0.15) is 0 Å². The van der Waals surface area contributed by atoms with Gasteiger partial charge < -0.3 is 24.4 Å². The Morgan fingerprint density at radius 1 is 1.00 bits per heavy atom. The lowest BCUT2D eigenvalue weighted by atomic mass is 10.0. The van der Waals surface area contributed by atoms with E-state index in [0.29, 0.717) is 23.5 Å². The molecule has 3 aromatic carbocycles. The predicted octanol–water partition coefficient (Wildman–Crippen LogP) is 5.48. The highest BCUT2D eigenvalue weighted by atomic mass is 35.5. The molecule has 0 aliphatic heterocycles. The zero-order valence-corrected chi connectivity index (χ0v) is 19.3. The van der Waals surface area contributed by atoms with Crippen LogP contribution in [0.25, 0.3) is 0 Å². The van der Waals surface area contributed by atoms with Crippen molar-refractivity contribution in [2.75, 3.05) is 7.11 Å². The normalized spacial score (nSPS) is 10.6. The van der Waals surface area contributed by atoms with Crippen LogP contribution in [0.5, 0.6) is 23.0 Å². The summed E-state index contributed by atoms with van der Waals surface area (Å²) >= 11 is 6.15. The molecule has 0 fully saturated rings. The monoisotopic (exact) mass is 470 g/mol. The topological polar surface area (TPSA) is 102 Å². The van der Waals surface area contributed by atoms with Gasteiger partial charge in [0.2, 0.25) is 0 Å². The summed E-state index contributed by atoms with van der Waals surface area (Å²) in [6.07, 6.45) is 0. The van der Waals surface area contributed by atoms with Gasteiger partial charge in [0.25, 0.3) is 0 Å². The molecule has 0 unspecified atom stereocenters. The highest BCUT2D eigenvalue weighted by Gasteiger charge is 2.27. The van der Waals surface area contributed by atoms with E-state index >= 15 is 0 Å². The quantitative estimate of drug-likeness (QED) is 0.348. The number of carbonyl (C=O) groups excluding carboxylic acids is 1. The lowest BCUT2D eigenvalue weighted by Gasteiger charge is -2.18. The van der Waals surface area contributed by atoms with Crippen LogP contribution < -0.4 is 14.2 Å². The summed E-state index contributed by atoms with van der Waals surface area (Å²) in [6.45, 7) is 5.10. The largest absolute Gasteiger partial charge is 0.505 e. The third-order valence-corrected chi connectivity index (χ3v) is 5.63. The smallest absolute Gasteiger partial charge is 0.347 e. The summed E-state index contributed by atoms with van der Waals surface area (Å²) in [4.78, 5) is 24.5. The molecule has 0 saturated carbocycles. The zero-order valence-electron chi connectivity index (χ0n) is 18.6. The first-order valence-corrected chi connectivity index (χ1v) is 10.4. The number of hydrogen-bond donors (Lipinski definition) is 2. The van der Waals surface area contributed by atoms with Crippen LogP contribution in [0.3, 0.4) is 0 Å². The maximum Gasteiger partial charge on any atom is 0.347 e. The molecule has 0 radical (unpaired) electrons. The maximum absolute atomic E-state index is 13.1. The van der Waals surface area contributed by atoms with E-state index < -0.39 is 17.7 Å². The number of hydrogen-bond acceptors (Lipinski definition) is 6. The molecule has 0 saturated heterocycles. The fraction of sp³-hybridized carbons (Fsp3) is 0.200. The second-order valence-electron chi connectivity index (χ2n) is 7.40. The Hall–Kier alpha value is -3.71. The number of benzene rings is 3. The number of halogens is 1. The Morgan fingerprint density at radius 3 is 2.27 bits per heavy atom. The standard InChI is InChI=1S/C25H23ClO7/c1-13-10-17(32-12-16-8-6-5-7-9-16)11-18(31-4)19(13)25(30)33-23-15(3)14(2)20(24(28)29)22(27)21(23)26/h5-11,27H,12H2,1-4H3,(H,28,29). The van der Waals surface area contributed by atoms with E-state index in [2.05, 4.69) is 0 Å². The van der Waals surface area contributed by atoms with E-state index in [0.717, 1.165) is 5.56 Å². The molecule has 0 heterocycles. The molecule has 0 atom stereocenters. The van der Waals surface area contributed by atoms with Crippen molar-refractivity contribution < 1.29 is 34.0 Å². The van der Waals surface area contributed by atoms with Gasteiger partial charge in [-0.3, -0.25) is 0 Å². The molecule has 0 spiro atoms. The van der Waals surface area contributed by atoms with E-state index in [-0.39, 0.29) is 33.2 Å². The van der Waals surface area contributed by atoms with E-state index in [9.17, 15) is 19.8 Å². The minimum Gasteiger partial charge on any atom is -0.505 e. The van der Waals surface area contributed by atoms with Crippen LogP contribution in [-0.2, 0) is 6.61 Å². The van der Waals surface area contributed by atoms with Crippen molar-refractivity contribution in [2.45, 2.75) is 27.4 Å². The van der Waals surface area contributed by atoms with E-state index in [4.69, 9.17) is 25.8 Å². The van der Waals surface area contributed by atoms with Crippen LogP contribution in [0.4, 0.5) is 0 Å². The number of aryl methyl sites for hydroxylation is 1. The van der Waals surface area contributed by atoms with Gasteiger partial charge in [-0.15, -0.1) is 0 Å². The van der Waals surface area contributed by atoms with Crippen LogP contribution in [0.15, 0.2) is 42.5 Å². The molecular formula is C25H23ClO7. The Kier molecular flexibility index (Phi) is 7.13. The number of carboxylic acid groups (broad SMARTS) is 1. The van der Waals surface area contributed by atoms with Crippen LogP contribution in [0.1, 0.15) is 43.0 Å². The van der Waals surface area contributed by atoms with Gasteiger partial charge in [-0.05, 0) is 49.1 Å². The SMILES string of the molecule is COc1cc(OCc2ccccc2)cc(C)c1C(=O)Oc1c(C)c(C)c(C(=O)O)c(O)c1Cl. The number of carboxylic acids is 1. The average Bonchev–Trinajstić information content (AvgIpc) is 2.79. The first-order chi connectivity index (χ1) is 15.6. The van der Waals surface area contributed by atoms with Crippen LogP contribution in [0.2, 0.25) is 5.02 Å². The fourth-order valence-corrected chi connectivity index (χ4v) is 3.69. The highest BCUT2D eigenvalue weighted by Crippen LogP contribution is 2.42. The van der Waals surface area contributed by atoms with Gasteiger partial charge in [0.05, 0.1) is 7.11 Å². The molecular weight excluding hydrogens is 448 g/mol. The summed E-state index contributed by atoms with van der Waals surface area (Å²) in [7, 11) is 1.42.